The second kappa shape index (κ2) is 14.0. The lowest BCUT2D eigenvalue weighted by atomic mass is 9.88. The Hall–Kier alpha value is -3.60. The van der Waals surface area contributed by atoms with Crippen molar-refractivity contribution in [3.05, 3.63) is 59.3 Å². The van der Waals surface area contributed by atoms with E-state index >= 15 is 0 Å². The van der Waals surface area contributed by atoms with Gasteiger partial charge in [0.1, 0.15) is 6.29 Å². The first-order chi connectivity index (χ1) is 22.2. The summed E-state index contributed by atoms with van der Waals surface area (Å²) in [5, 5.41) is 8.27. The maximum atomic E-state index is 13.9. The minimum Gasteiger partial charge on any atom is -0.376 e. The van der Waals surface area contributed by atoms with Gasteiger partial charge in [0, 0.05) is 49.7 Å². The Labute approximate surface area is 271 Å². The number of aldehydes is 1. The molecule has 246 valence electrons. The third-order valence-electron chi connectivity index (χ3n) is 9.98. The van der Waals surface area contributed by atoms with Crippen molar-refractivity contribution in [3.63, 3.8) is 0 Å². The van der Waals surface area contributed by atoms with E-state index in [4.69, 9.17) is 9.47 Å². The van der Waals surface area contributed by atoms with Crippen LogP contribution in [0.5, 0.6) is 0 Å². The van der Waals surface area contributed by atoms with Crippen molar-refractivity contribution in [1.82, 2.24) is 19.6 Å². The maximum absolute atomic E-state index is 13.9. The van der Waals surface area contributed by atoms with E-state index in [0.717, 1.165) is 73.5 Å². The molecule has 46 heavy (non-hydrogen) atoms. The number of fused-ring (bicyclic) bond motifs is 1. The summed E-state index contributed by atoms with van der Waals surface area (Å²) in [6, 6.07) is 13.7. The number of anilines is 1. The summed E-state index contributed by atoms with van der Waals surface area (Å²) in [6.45, 7) is 9.09. The quantitative estimate of drug-likeness (QED) is 0.347. The monoisotopic (exact) mass is 629 g/mol. The molecule has 10 nitrogen and oxygen atoms in total. The third kappa shape index (κ3) is 7.19. The van der Waals surface area contributed by atoms with E-state index in [2.05, 4.69) is 29.2 Å². The molecule has 2 aliphatic heterocycles. The molecule has 2 aromatic carbocycles. The molecule has 1 N–H and O–H groups in total. The van der Waals surface area contributed by atoms with Crippen LogP contribution in [0.4, 0.5) is 5.69 Å². The predicted molar refractivity (Wildman–Crippen MR) is 177 cm³/mol. The number of rotatable bonds is 9. The zero-order chi connectivity index (χ0) is 32.4. The number of aryl methyl sites for hydroxylation is 2. The molecule has 4 atom stereocenters. The summed E-state index contributed by atoms with van der Waals surface area (Å²) < 4.78 is 14.1. The molecule has 0 radical (unpaired) electrons. The fourth-order valence-electron chi connectivity index (χ4n) is 7.59. The van der Waals surface area contributed by atoms with Gasteiger partial charge in [-0.1, -0.05) is 30.3 Å². The van der Waals surface area contributed by atoms with Crippen molar-refractivity contribution in [3.8, 4) is 0 Å². The van der Waals surface area contributed by atoms with Crippen LogP contribution in [0.3, 0.4) is 0 Å². The van der Waals surface area contributed by atoms with Gasteiger partial charge in [0.05, 0.1) is 42.9 Å². The Morgan fingerprint density at radius 1 is 1.04 bits per heavy atom. The van der Waals surface area contributed by atoms with Crippen LogP contribution < -0.4 is 5.32 Å². The van der Waals surface area contributed by atoms with Crippen LogP contribution in [0, 0.1) is 12.8 Å². The molecule has 10 heteroatoms. The molecule has 2 amide bonds. The van der Waals surface area contributed by atoms with Gasteiger partial charge in [-0.05, 0) is 76.1 Å². The summed E-state index contributed by atoms with van der Waals surface area (Å²) in [7, 11) is 1.83. The molecule has 3 fully saturated rings. The number of hydrogen-bond donors (Lipinski definition) is 1. The highest BCUT2D eigenvalue weighted by molar-refractivity contribution is 6.11. The van der Waals surface area contributed by atoms with Gasteiger partial charge in [-0.2, -0.15) is 5.10 Å². The zero-order valence-electron chi connectivity index (χ0n) is 27.5. The summed E-state index contributed by atoms with van der Waals surface area (Å²) in [6.07, 6.45) is 6.24. The normalized spacial score (nSPS) is 27.2. The number of para-hydroxylation sites is 1. The van der Waals surface area contributed by atoms with Crippen LogP contribution in [0.1, 0.15) is 67.6 Å². The molecule has 1 saturated carbocycles. The number of carbonyl (C=O) groups is 3. The van der Waals surface area contributed by atoms with Crippen molar-refractivity contribution in [2.75, 3.05) is 31.6 Å². The molecule has 3 heterocycles. The molecule has 6 rings (SSSR count). The van der Waals surface area contributed by atoms with Gasteiger partial charge < -0.3 is 24.5 Å². The molecule has 2 saturated heterocycles. The van der Waals surface area contributed by atoms with Gasteiger partial charge in [0.15, 0.2) is 5.69 Å². The van der Waals surface area contributed by atoms with Crippen LogP contribution in [0.2, 0.25) is 0 Å². The lowest BCUT2D eigenvalue weighted by molar-refractivity contribution is -0.133. The van der Waals surface area contributed by atoms with E-state index in [1.165, 1.54) is 0 Å². The number of nitrogens with one attached hydrogen (secondary N) is 1. The molecular formula is C36H47N5O5. The van der Waals surface area contributed by atoms with Crippen LogP contribution in [0.25, 0.3) is 10.9 Å². The van der Waals surface area contributed by atoms with Gasteiger partial charge >= 0.3 is 0 Å². The standard InChI is InChI=1S/C36H47N5O5/c1-23-15-27(11-14-32(23)37-36(44)35-31-7-5-6-8-33(31)39(4)38-35)16-34(43)41-20-28(40-18-24(2)46-25(3)19-40)17-29(41)22-45-30-12-9-26(21-42)10-13-30/h5-8,11,14-15,21,24-26,28-30H,9-10,12-13,16-20,22H2,1-4H3,(H,37,44)/t24-,25+,26-,28-,29-,30-/m0/s1. The number of morpholine rings is 1. The number of nitrogens with zero attached hydrogens (tertiary/aromatic N) is 4. The molecule has 0 bridgehead atoms. The van der Waals surface area contributed by atoms with Crippen LogP contribution in [-0.4, -0.2) is 94.3 Å². The Bertz CT molecular complexity index is 1550. The molecule has 1 aromatic heterocycles. The number of ether oxygens (including phenoxy) is 2. The van der Waals surface area contributed by atoms with Crippen LogP contribution in [-0.2, 0) is 32.5 Å². The molecule has 1 aliphatic carbocycles. The second-order valence-corrected chi connectivity index (χ2v) is 13.6. The van der Waals surface area contributed by atoms with E-state index in [-0.39, 0.29) is 54.5 Å². The number of carbonyl (C=O) groups excluding carboxylic acids is 3. The first-order valence-electron chi connectivity index (χ1n) is 16.8. The number of hydrogen-bond acceptors (Lipinski definition) is 7. The molecule has 3 aliphatic rings. The van der Waals surface area contributed by atoms with E-state index < -0.39 is 0 Å². The Kier molecular flexibility index (Phi) is 9.86. The topological polar surface area (TPSA) is 106 Å². The van der Waals surface area contributed by atoms with Crippen molar-refractivity contribution < 1.29 is 23.9 Å². The minimum absolute atomic E-state index is 0.00241. The minimum atomic E-state index is -0.263. The summed E-state index contributed by atoms with van der Waals surface area (Å²) in [5.41, 5.74) is 3.78. The van der Waals surface area contributed by atoms with Crippen molar-refractivity contribution in [2.45, 2.75) is 89.7 Å². The lowest BCUT2D eigenvalue weighted by Gasteiger charge is -2.38. The number of likely N-dealkylation sites (tertiary alicyclic amines) is 1. The molecule has 0 spiro atoms. The smallest absolute Gasteiger partial charge is 0.276 e. The van der Waals surface area contributed by atoms with Crippen molar-refractivity contribution >= 4 is 34.7 Å². The fraction of sp³-hybridized carbons (Fsp3) is 0.556. The fourth-order valence-corrected chi connectivity index (χ4v) is 7.59. The van der Waals surface area contributed by atoms with Crippen LogP contribution in [0.15, 0.2) is 42.5 Å². The number of benzene rings is 2. The van der Waals surface area contributed by atoms with E-state index in [1.807, 2.05) is 61.3 Å². The van der Waals surface area contributed by atoms with Gasteiger partial charge in [-0.25, -0.2) is 0 Å². The van der Waals surface area contributed by atoms with Gasteiger partial charge in [0.25, 0.3) is 5.91 Å². The largest absolute Gasteiger partial charge is 0.376 e. The van der Waals surface area contributed by atoms with Crippen molar-refractivity contribution in [2.24, 2.45) is 13.0 Å². The van der Waals surface area contributed by atoms with E-state index in [9.17, 15) is 14.4 Å². The van der Waals surface area contributed by atoms with E-state index in [0.29, 0.717) is 24.5 Å². The summed E-state index contributed by atoms with van der Waals surface area (Å²) >= 11 is 0. The Balaban J connectivity index is 1.12. The van der Waals surface area contributed by atoms with Crippen LogP contribution >= 0.6 is 0 Å². The molecule has 3 aromatic rings. The predicted octanol–water partition coefficient (Wildman–Crippen LogP) is 4.53. The van der Waals surface area contributed by atoms with E-state index in [1.54, 1.807) is 4.68 Å². The van der Waals surface area contributed by atoms with Crippen molar-refractivity contribution in [1.29, 1.82) is 0 Å². The van der Waals surface area contributed by atoms with Gasteiger partial charge in [-0.3, -0.25) is 19.2 Å². The van der Waals surface area contributed by atoms with Gasteiger partial charge in [-0.15, -0.1) is 0 Å². The SMILES string of the molecule is Cc1cc(CC(=O)N2C[C@@H](N3C[C@@H](C)O[C@@H](C)C3)C[C@H]2CO[C@H]2CC[C@H](C=O)CC2)ccc1NC(=O)c1nn(C)c2ccccc12. The van der Waals surface area contributed by atoms with Gasteiger partial charge in [0.2, 0.25) is 5.91 Å². The molecule has 0 unspecified atom stereocenters. The first kappa shape index (κ1) is 32.3. The molecular weight excluding hydrogens is 582 g/mol. The highest BCUT2D eigenvalue weighted by atomic mass is 16.5. The number of amides is 2. The Morgan fingerprint density at radius 2 is 1.78 bits per heavy atom. The second-order valence-electron chi connectivity index (χ2n) is 13.6. The number of aromatic nitrogens is 2. The first-order valence-corrected chi connectivity index (χ1v) is 16.8. The summed E-state index contributed by atoms with van der Waals surface area (Å²) in [5.74, 6) is -0.0236. The highest BCUT2D eigenvalue weighted by Crippen LogP contribution is 2.30. The third-order valence-corrected chi connectivity index (χ3v) is 9.98. The summed E-state index contributed by atoms with van der Waals surface area (Å²) in [4.78, 5) is 42.8. The highest BCUT2D eigenvalue weighted by Gasteiger charge is 2.40. The Morgan fingerprint density at radius 3 is 2.50 bits per heavy atom. The zero-order valence-corrected chi connectivity index (χ0v) is 27.5. The maximum Gasteiger partial charge on any atom is 0.276 e. The average molecular weight is 630 g/mol. The lowest BCUT2D eigenvalue weighted by Crippen LogP contribution is -2.51. The average Bonchev–Trinajstić information content (AvgIpc) is 3.63.